The van der Waals surface area contributed by atoms with E-state index in [9.17, 15) is 0 Å². The zero-order valence-electron chi connectivity index (χ0n) is 13.8. The summed E-state index contributed by atoms with van der Waals surface area (Å²) in [6.07, 6.45) is 0. The predicted molar refractivity (Wildman–Crippen MR) is 101 cm³/mol. The molecule has 4 nitrogen and oxygen atoms in total. The van der Waals surface area contributed by atoms with Crippen molar-refractivity contribution in [1.29, 1.82) is 10.8 Å². The molecule has 0 saturated heterocycles. The van der Waals surface area contributed by atoms with Gasteiger partial charge in [0.15, 0.2) is 0 Å². The molecule has 0 radical (unpaired) electrons. The van der Waals surface area contributed by atoms with Crippen LogP contribution in [0.25, 0.3) is 10.8 Å². The van der Waals surface area contributed by atoms with Crippen molar-refractivity contribution in [2.24, 2.45) is 5.73 Å². The van der Waals surface area contributed by atoms with Gasteiger partial charge in [-0.3, -0.25) is 10.8 Å². The fraction of sp³-hybridized carbons (Fsp3) is 0.100. The Bertz CT molecular complexity index is 849. The molecular weight excluding hydrogens is 298 g/mol. The van der Waals surface area contributed by atoms with E-state index in [0.717, 1.165) is 22.1 Å². The minimum atomic E-state index is 0.207. The van der Waals surface area contributed by atoms with E-state index in [1.54, 1.807) is 31.4 Å². The van der Waals surface area contributed by atoms with Gasteiger partial charge in [-0.15, -0.1) is 0 Å². The summed E-state index contributed by atoms with van der Waals surface area (Å²) in [4.78, 5) is 0. The summed E-state index contributed by atoms with van der Waals surface area (Å²) in [6.45, 7) is 0. The third kappa shape index (κ3) is 3.50. The first kappa shape index (κ1) is 17.4. The maximum Gasteiger partial charge on any atom is 0.118 e. The Hall–Kier alpha value is -2.98. The molecule has 0 fully saturated rings. The van der Waals surface area contributed by atoms with Crippen LogP contribution in [0.15, 0.2) is 66.7 Å². The van der Waals surface area contributed by atoms with Crippen molar-refractivity contribution < 1.29 is 4.74 Å². The van der Waals surface area contributed by atoms with Crippen LogP contribution in [0.3, 0.4) is 0 Å². The average molecular weight is 319 g/mol. The van der Waals surface area contributed by atoms with Crippen LogP contribution >= 0.6 is 0 Å². The minimum absolute atomic E-state index is 0.207. The van der Waals surface area contributed by atoms with Crippen molar-refractivity contribution in [3.8, 4) is 5.75 Å². The summed E-state index contributed by atoms with van der Waals surface area (Å²) < 4.78 is 5.13. The van der Waals surface area contributed by atoms with Crippen LogP contribution in [0.4, 0.5) is 0 Å². The number of fused-ring (bicyclic) bond motifs is 1. The minimum Gasteiger partial charge on any atom is -0.497 e. The standard InChI is InChI=1S/C19H16N2O.CH5N/c1-22-15-11-9-14(10-12-15)18(20)19(21)17-8-4-6-13-5-2-3-7-16(13)17;1-2/h2-12,20-21H,1H3;2H2,1H3. The second kappa shape index (κ2) is 8.04. The van der Waals surface area contributed by atoms with Crippen molar-refractivity contribution in [2.75, 3.05) is 14.2 Å². The smallest absolute Gasteiger partial charge is 0.118 e. The first-order valence-electron chi connectivity index (χ1n) is 7.58. The zero-order valence-corrected chi connectivity index (χ0v) is 13.8. The van der Waals surface area contributed by atoms with Gasteiger partial charge in [-0.2, -0.15) is 0 Å². The topological polar surface area (TPSA) is 83.0 Å². The number of benzene rings is 3. The summed E-state index contributed by atoms with van der Waals surface area (Å²) in [7, 11) is 3.11. The van der Waals surface area contributed by atoms with Gasteiger partial charge in [0.2, 0.25) is 0 Å². The largest absolute Gasteiger partial charge is 0.497 e. The molecule has 0 bridgehead atoms. The van der Waals surface area contributed by atoms with Crippen LogP contribution in [0, 0.1) is 10.8 Å². The first-order chi connectivity index (χ1) is 11.7. The fourth-order valence-corrected chi connectivity index (χ4v) is 2.48. The van der Waals surface area contributed by atoms with Crippen molar-refractivity contribution >= 4 is 22.2 Å². The third-order valence-electron chi connectivity index (χ3n) is 3.69. The highest BCUT2D eigenvalue weighted by Crippen LogP contribution is 2.21. The summed E-state index contributed by atoms with van der Waals surface area (Å²) in [6, 6.07) is 21.0. The molecule has 0 aliphatic carbocycles. The Morgan fingerprint density at radius 2 is 1.42 bits per heavy atom. The van der Waals surface area contributed by atoms with E-state index in [2.05, 4.69) is 5.73 Å². The Labute approximate surface area is 141 Å². The van der Waals surface area contributed by atoms with Crippen LogP contribution in [0.5, 0.6) is 5.75 Å². The molecule has 0 aromatic heterocycles. The highest BCUT2D eigenvalue weighted by atomic mass is 16.5. The Morgan fingerprint density at radius 1 is 0.792 bits per heavy atom. The van der Waals surface area contributed by atoms with E-state index in [4.69, 9.17) is 15.6 Å². The van der Waals surface area contributed by atoms with Crippen molar-refractivity contribution in [3.63, 3.8) is 0 Å². The maximum absolute atomic E-state index is 8.40. The van der Waals surface area contributed by atoms with Crippen LogP contribution in [-0.4, -0.2) is 25.6 Å². The summed E-state index contributed by atoms with van der Waals surface area (Å²) in [5, 5.41) is 18.8. The number of hydrogen-bond acceptors (Lipinski definition) is 4. The Balaban J connectivity index is 0.00000100. The molecule has 4 N–H and O–H groups in total. The van der Waals surface area contributed by atoms with Gasteiger partial charge in [-0.05, 0) is 42.1 Å². The second-order valence-corrected chi connectivity index (χ2v) is 5.01. The molecule has 0 aliphatic heterocycles. The van der Waals surface area contributed by atoms with Crippen molar-refractivity contribution in [1.82, 2.24) is 0 Å². The monoisotopic (exact) mass is 319 g/mol. The highest BCUT2D eigenvalue weighted by Gasteiger charge is 2.13. The molecule has 0 aliphatic rings. The first-order valence-corrected chi connectivity index (χ1v) is 7.58. The third-order valence-corrected chi connectivity index (χ3v) is 3.69. The maximum atomic E-state index is 8.40. The number of methoxy groups -OCH3 is 1. The lowest BCUT2D eigenvalue weighted by molar-refractivity contribution is 0.415. The van der Waals surface area contributed by atoms with E-state index in [-0.39, 0.29) is 11.4 Å². The molecule has 4 heteroatoms. The van der Waals surface area contributed by atoms with Crippen LogP contribution in [0.2, 0.25) is 0 Å². The number of nitrogens with one attached hydrogen (secondary N) is 2. The molecule has 0 heterocycles. The second-order valence-electron chi connectivity index (χ2n) is 5.01. The highest BCUT2D eigenvalue weighted by molar-refractivity contribution is 6.52. The number of rotatable bonds is 4. The van der Waals surface area contributed by atoms with Crippen molar-refractivity contribution in [3.05, 3.63) is 77.9 Å². The lowest BCUT2D eigenvalue weighted by Crippen LogP contribution is -2.15. The molecule has 3 aromatic rings. The molecular formula is C20H21N3O. The Kier molecular flexibility index (Phi) is 5.82. The lowest BCUT2D eigenvalue weighted by Gasteiger charge is -2.10. The molecule has 0 atom stereocenters. The molecule has 3 rings (SSSR count). The van der Waals surface area contributed by atoms with Gasteiger partial charge in [0, 0.05) is 11.1 Å². The normalized spacial score (nSPS) is 9.79. The van der Waals surface area contributed by atoms with Gasteiger partial charge >= 0.3 is 0 Å². The number of ether oxygens (including phenoxy) is 1. The number of nitrogens with two attached hydrogens (primary N) is 1. The lowest BCUT2D eigenvalue weighted by atomic mass is 9.95. The molecule has 0 amide bonds. The van der Waals surface area contributed by atoms with E-state index < -0.39 is 0 Å². The van der Waals surface area contributed by atoms with Gasteiger partial charge in [0.1, 0.15) is 5.75 Å². The van der Waals surface area contributed by atoms with Crippen molar-refractivity contribution in [2.45, 2.75) is 0 Å². The Morgan fingerprint density at radius 3 is 2.08 bits per heavy atom. The quantitative estimate of drug-likeness (QED) is 0.638. The number of hydrogen-bond donors (Lipinski definition) is 3. The molecule has 0 unspecified atom stereocenters. The van der Waals surface area contributed by atoms with Gasteiger partial charge in [0.05, 0.1) is 18.5 Å². The van der Waals surface area contributed by atoms with E-state index in [0.29, 0.717) is 5.56 Å². The fourth-order valence-electron chi connectivity index (χ4n) is 2.48. The van der Waals surface area contributed by atoms with E-state index in [1.165, 1.54) is 7.05 Å². The molecule has 3 aromatic carbocycles. The molecule has 0 spiro atoms. The summed E-state index contributed by atoms with van der Waals surface area (Å²) >= 11 is 0. The van der Waals surface area contributed by atoms with Gasteiger partial charge in [0.25, 0.3) is 0 Å². The van der Waals surface area contributed by atoms with E-state index in [1.807, 2.05) is 42.5 Å². The molecule has 0 saturated carbocycles. The average Bonchev–Trinajstić information content (AvgIpc) is 2.68. The SMILES string of the molecule is CN.COc1ccc(C(=N)C(=N)c2cccc3ccccc23)cc1. The van der Waals surface area contributed by atoms with Crippen LogP contribution < -0.4 is 10.5 Å². The van der Waals surface area contributed by atoms with Crippen LogP contribution in [-0.2, 0) is 0 Å². The van der Waals surface area contributed by atoms with Crippen LogP contribution in [0.1, 0.15) is 11.1 Å². The van der Waals surface area contributed by atoms with Gasteiger partial charge in [-0.1, -0.05) is 42.5 Å². The molecule has 122 valence electrons. The van der Waals surface area contributed by atoms with Gasteiger partial charge in [-0.25, -0.2) is 0 Å². The molecule has 24 heavy (non-hydrogen) atoms. The van der Waals surface area contributed by atoms with Gasteiger partial charge < -0.3 is 10.5 Å². The summed E-state index contributed by atoms with van der Waals surface area (Å²) in [5.41, 5.74) is 6.42. The van der Waals surface area contributed by atoms with E-state index >= 15 is 0 Å². The zero-order chi connectivity index (χ0) is 17.5. The summed E-state index contributed by atoms with van der Waals surface area (Å²) in [5.74, 6) is 0.744. The predicted octanol–water partition coefficient (Wildman–Crippen LogP) is 3.86.